The van der Waals surface area contributed by atoms with Gasteiger partial charge >= 0.3 is 0 Å². The molecule has 164 valence electrons. The summed E-state index contributed by atoms with van der Waals surface area (Å²) in [4.78, 5) is 41.5. The standard InChI is InChI=1S/C23H22N4O4S/c1-14-18(13-31-30-3)20(16-9-5-4-6-10-16)27-22(29)21(32-23(27)24-14)26-25-19-12-8-7-11-17(19)15(2)28/h4-12,20,25H,13H2,1-3H3/b26-21-. The summed E-state index contributed by atoms with van der Waals surface area (Å²) in [6.07, 6.45) is 0. The number of anilines is 1. The Labute approximate surface area is 189 Å². The van der Waals surface area contributed by atoms with Gasteiger partial charge in [0.05, 0.1) is 18.8 Å². The van der Waals surface area contributed by atoms with Crippen molar-refractivity contribution >= 4 is 39.4 Å². The van der Waals surface area contributed by atoms with Crippen LogP contribution in [0.1, 0.15) is 35.8 Å². The molecule has 2 aliphatic rings. The molecule has 4 rings (SSSR count). The third-order valence-corrected chi connectivity index (χ3v) is 6.07. The number of ketones is 1. The van der Waals surface area contributed by atoms with Crippen LogP contribution < -0.4 is 5.43 Å². The topological polar surface area (TPSA) is 92.6 Å². The number of benzene rings is 2. The van der Waals surface area contributed by atoms with Gasteiger partial charge in [-0.3, -0.25) is 19.9 Å². The molecule has 0 bridgehead atoms. The third kappa shape index (κ3) is 4.22. The van der Waals surface area contributed by atoms with E-state index in [4.69, 9.17) is 9.78 Å². The Kier molecular flexibility index (Phi) is 6.50. The minimum Gasteiger partial charge on any atom is -0.294 e. The van der Waals surface area contributed by atoms with Crippen molar-refractivity contribution in [2.45, 2.75) is 19.9 Å². The molecule has 1 fully saturated rings. The molecule has 9 heteroatoms. The lowest BCUT2D eigenvalue weighted by molar-refractivity contribution is -0.266. The van der Waals surface area contributed by atoms with E-state index in [0.29, 0.717) is 16.4 Å². The molecule has 2 heterocycles. The molecule has 0 radical (unpaired) electrons. The summed E-state index contributed by atoms with van der Waals surface area (Å²) in [5.74, 6) is -0.370. The first-order chi connectivity index (χ1) is 15.5. The molecule has 8 nitrogen and oxygen atoms in total. The maximum atomic E-state index is 13.4. The highest BCUT2D eigenvalue weighted by molar-refractivity contribution is 8.29. The Morgan fingerprint density at radius 2 is 1.91 bits per heavy atom. The Morgan fingerprint density at radius 3 is 2.62 bits per heavy atom. The fourth-order valence-corrected chi connectivity index (χ4v) is 4.52. The summed E-state index contributed by atoms with van der Waals surface area (Å²) in [6.45, 7) is 3.54. The number of carbonyl (C=O) groups excluding carboxylic acids is 2. The monoisotopic (exact) mass is 450 g/mol. The van der Waals surface area contributed by atoms with E-state index in [-0.39, 0.29) is 23.3 Å². The molecule has 0 spiro atoms. The van der Waals surface area contributed by atoms with E-state index in [2.05, 4.69) is 15.5 Å². The van der Waals surface area contributed by atoms with Gasteiger partial charge in [-0.2, -0.15) is 5.10 Å². The molecule has 2 aromatic carbocycles. The summed E-state index contributed by atoms with van der Waals surface area (Å²) in [5, 5.41) is 5.10. The lowest BCUT2D eigenvalue weighted by Crippen LogP contribution is -2.39. The van der Waals surface area contributed by atoms with Crippen molar-refractivity contribution in [1.29, 1.82) is 0 Å². The molecule has 0 aliphatic carbocycles. The first-order valence-corrected chi connectivity index (χ1v) is 10.8. The highest BCUT2D eigenvalue weighted by Gasteiger charge is 2.44. The second-order valence-electron chi connectivity index (χ2n) is 7.15. The number of carbonyl (C=O) groups is 2. The molecule has 1 unspecified atom stereocenters. The number of nitrogens with zero attached hydrogens (tertiary/aromatic N) is 3. The van der Waals surface area contributed by atoms with E-state index in [9.17, 15) is 9.59 Å². The lowest BCUT2D eigenvalue weighted by Gasteiger charge is -2.33. The molecular weight excluding hydrogens is 428 g/mol. The van der Waals surface area contributed by atoms with Crippen molar-refractivity contribution in [2.75, 3.05) is 19.1 Å². The molecule has 1 atom stereocenters. The zero-order valence-corrected chi connectivity index (χ0v) is 18.7. The molecular formula is C23H22N4O4S. The zero-order chi connectivity index (χ0) is 22.7. The Hall–Kier alpha value is -3.27. The van der Waals surface area contributed by atoms with Crippen molar-refractivity contribution in [3.05, 3.63) is 77.0 Å². The zero-order valence-electron chi connectivity index (χ0n) is 17.9. The van der Waals surface area contributed by atoms with Crippen LogP contribution in [-0.4, -0.2) is 40.5 Å². The van der Waals surface area contributed by atoms with Gasteiger partial charge in [-0.1, -0.05) is 42.5 Å². The molecule has 32 heavy (non-hydrogen) atoms. The van der Waals surface area contributed by atoms with E-state index < -0.39 is 6.04 Å². The number of hydrogen-bond acceptors (Lipinski definition) is 8. The van der Waals surface area contributed by atoms with Gasteiger partial charge in [0.15, 0.2) is 16.0 Å². The SMILES string of the molecule is COOCC1=C(C)N=C2S/C(=N\Nc3ccccc3C(C)=O)C(=O)N2C1c1ccccc1. The maximum Gasteiger partial charge on any atom is 0.288 e. The van der Waals surface area contributed by atoms with Gasteiger partial charge in [-0.15, -0.1) is 0 Å². The predicted octanol–water partition coefficient (Wildman–Crippen LogP) is 4.15. The van der Waals surface area contributed by atoms with Crippen LogP contribution in [0.15, 0.2) is 76.0 Å². The van der Waals surface area contributed by atoms with Gasteiger partial charge in [-0.25, -0.2) is 14.8 Å². The number of aliphatic imine (C=N–C) groups is 1. The van der Waals surface area contributed by atoms with Gasteiger partial charge < -0.3 is 0 Å². The number of allylic oxidation sites excluding steroid dienone is 1. The fraction of sp³-hybridized carbons (Fsp3) is 0.217. The third-order valence-electron chi connectivity index (χ3n) is 5.14. The van der Waals surface area contributed by atoms with E-state index >= 15 is 0 Å². The molecule has 2 aliphatic heterocycles. The lowest BCUT2D eigenvalue weighted by atomic mass is 9.95. The number of para-hydroxylation sites is 1. The van der Waals surface area contributed by atoms with E-state index in [0.717, 1.165) is 16.8 Å². The number of nitrogens with one attached hydrogen (secondary N) is 1. The fourth-order valence-electron chi connectivity index (χ4n) is 3.60. The van der Waals surface area contributed by atoms with Gasteiger partial charge in [-0.05, 0) is 43.3 Å². The van der Waals surface area contributed by atoms with Crippen LogP contribution >= 0.6 is 11.8 Å². The van der Waals surface area contributed by atoms with Crippen molar-refractivity contribution in [1.82, 2.24) is 4.90 Å². The average molecular weight is 451 g/mol. The summed E-state index contributed by atoms with van der Waals surface area (Å²) in [5.41, 5.74) is 6.43. The quantitative estimate of drug-likeness (QED) is 0.387. The van der Waals surface area contributed by atoms with Crippen molar-refractivity contribution in [2.24, 2.45) is 10.1 Å². The average Bonchev–Trinajstić information content (AvgIpc) is 3.11. The van der Waals surface area contributed by atoms with Crippen LogP contribution in [0.4, 0.5) is 5.69 Å². The molecule has 0 aromatic heterocycles. The number of fused-ring (bicyclic) bond motifs is 1. The first-order valence-electron chi connectivity index (χ1n) is 9.95. The second kappa shape index (κ2) is 9.47. The van der Waals surface area contributed by atoms with E-state index in [1.165, 1.54) is 25.8 Å². The number of thioether (sulfide) groups is 1. The van der Waals surface area contributed by atoms with Gasteiger partial charge in [0.25, 0.3) is 5.91 Å². The Morgan fingerprint density at radius 1 is 1.19 bits per heavy atom. The van der Waals surface area contributed by atoms with Gasteiger partial charge in [0, 0.05) is 16.8 Å². The van der Waals surface area contributed by atoms with Crippen LogP contribution in [0.25, 0.3) is 0 Å². The highest BCUT2D eigenvalue weighted by atomic mass is 32.2. The minimum absolute atomic E-state index is 0.0905. The van der Waals surface area contributed by atoms with Crippen molar-refractivity contribution < 1.29 is 19.4 Å². The van der Waals surface area contributed by atoms with Crippen LogP contribution in [-0.2, 0) is 14.6 Å². The van der Waals surface area contributed by atoms with Crippen molar-refractivity contribution in [3.63, 3.8) is 0 Å². The van der Waals surface area contributed by atoms with Crippen LogP contribution in [0, 0.1) is 0 Å². The van der Waals surface area contributed by atoms with E-state index in [1.807, 2.05) is 37.3 Å². The molecule has 0 saturated carbocycles. The van der Waals surface area contributed by atoms with Crippen molar-refractivity contribution in [3.8, 4) is 0 Å². The van der Waals surface area contributed by atoms with Gasteiger partial charge in [0.1, 0.15) is 6.61 Å². The Balaban J connectivity index is 1.68. The normalized spacial score (nSPS) is 19.3. The van der Waals surface area contributed by atoms with Crippen LogP contribution in [0.3, 0.4) is 0 Å². The van der Waals surface area contributed by atoms with Crippen LogP contribution in [0.2, 0.25) is 0 Å². The Bertz CT molecular complexity index is 1140. The first kappa shape index (κ1) is 21.9. The maximum absolute atomic E-state index is 13.4. The second-order valence-corrected chi connectivity index (χ2v) is 8.11. The minimum atomic E-state index is -0.393. The number of hydrazone groups is 1. The largest absolute Gasteiger partial charge is 0.294 e. The molecule has 1 saturated heterocycles. The number of rotatable bonds is 7. The predicted molar refractivity (Wildman–Crippen MR) is 124 cm³/mol. The number of hydrogen-bond donors (Lipinski definition) is 1. The molecule has 1 N–H and O–H groups in total. The number of amidine groups is 1. The summed E-state index contributed by atoms with van der Waals surface area (Å²) in [6, 6.07) is 16.3. The smallest absolute Gasteiger partial charge is 0.288 e. The molecule has 1 amide bonds. The van der Waals surface area contributed by atoms with Gasteiger partial charge in [0.2, 0.25) is 0 Å². The summed E-state index contributed by atoms with van der Waals surface area (Å²) >= 11 is 1.19. The van der Waals surface area contributed by atoms with Crippen LogP contribution in [0.5, 0.6) is 0 Å². The highest BCUT2D eigenvalue weighted by Crippen LogP contribution is 2.41. The summed E-state index contributed by atoms with van der Waals surface area (Å²) in [7, 11) is 1.44. The van der Waals surface area contributed by atoms with E-state index in [1.54, 1.807) is 29.2 Å². The molecule has 2 aromatic rings. The number of Topliss-reactive ketones (excluding diaryl/α,β-unsaturated/α-hetero) is 1. The number of amides is 1. The summed E-state index contributed by atoms with van der Waals surface area (Å²) < 4.78 is 0.